The summed E-state index contributed by atoms with van der Waals surface area (Å²) in [6.07, 6.45) is 1.56. The fourth-order valence-corrected chi connectivity index (χ4v) is 1.97. The normalized spacial score (nSPS) is 11.4. The average Bonchev–Trinajstić information content (AvgIpc) is 2.88. The highest BCUT2D eigenvalue weighted by atomic mass is 16.5. The van der Waals surface area contributed by atoms with E-state index in [1.807, 2.05) is 25.1 Å². The maximum atomic E-state index is 11.4. The van der Waals surface area contributed by atoms with Gasteiger partial charge in [-0.05, 0) is 44.5 Å². The van der Waals surface area contributed by atoms with Crippen molar-refractivity contribution in [1.82, 2.24) is 15.0 Å². The van der Waals surface area contributed by atoms with Crippen molar-refractivity contribution in [1.29, 1.82) is 0 Å². The molecule has 106 valence electrons. The quantitative estimate of drug-likeness (QED) is 0.924. The van der Waals surface area contributed by atoms with Crippen molar-refractivity contribution in [2.24, 2.45) is 0 Å². The maximum absolute atomic E-state index is 11.4. The SMILES string of the molecule is COc1ccc(-c2cnnn2C(C)(C)C(=O)O)cc1C. The van der Waals surface area contributed by atoms with Gasteiger partial charge in [-0.1, -0.05) is 5.21 Å². The second-order valence-electron chi connectivity index (χ2n) is 5.08. The summed E-state index contributed by atoms with van der Waals surface area (Å²) in [6.45, 7) is 5.10. The lowest BCUT2D eigenvalue weighted by Gasteiger charge is -2.21. The molecule has 1 aromatic heterocycles. The number of carboxylic acid groups (broad SMARTS) is 1. The number of aryl methyl sites for hydroxylation is 1. The van der Waals surface area contributed by atoms with Gasteiger partial charge in [0.1, 0.15) is 5.75 Å². The molecule has 6 nitrogen and oxygen atoms in total. The second kappa shape index (κ2) is 4.96. The summed E-state index contributed by atoms with van der Waals surface area (Å²) in [5.41, 5.74) is 1.30. The Morgan fingerprint density at radius 3 is 2.65 bits per heavy atom. The topological polar surface area (TPSA) is 77.2 Å². The third kappa shape index (κ3) is 2.24. The molecule has 0 aliphatic heterocycles. The first-order valence-corrected chi connectivity index (χ1v) is 6.17. The van der Waals surface area contributed by atoms with Crippen molar-refractivity contribution in [3.8, 4) is 17.0 Å². The van der Waals surface area contributed by atoms with E-state index in [4.69, 9.17) is 4.74 Å². The van der Waals surface area contributed by atoms with Crippen LogP contribution in [0.15, 0.2) is 24.4 Å². The number of aromatic nitrogens is 3. The predicted molar refractivity (Wildman–Crippen MR) is 73.7 cm³/mol. The van der Waals surface area contributed by atoms with Crippen LogP contribution in [0.3, 0.4) is 0 Å². The summed E-state index contributed by atoms with van der Waals surface area (Å²) in [6, 6.07) is 5.63. The number of carboxylic acids is 1. The van der Waals surface area contributed by atoms with E-state index in [-0.39, 0.29) is 0 Å². The van der Waals surface area contributed by atoms with Crippen LogP contribution in [0.1, 0.15) is 19.4 Å². The number of rotatable bonds is 4. The van der Waals surface area contributed by atoms with E-state index < -0.39 is 11.5 Å². The fraction of sp³-hybridized carbons (Fsp3) is 0.357. The Balaban J connectivity index is 2.53. The number of ether oxygens (including phenoxy) is 1. The molecule has 0 saturated carbocycles. The van der Waals surface area contributed by atoms with Crippen molar-refractivity contribution in [2.75, 3.05) is 7.11 Å². The summed E-state index contributed by atoms with van der Waals surface area (Å²) in [5, 5.41) is 17.1. The number of carbonyl (C=O) groups is 1. The van der Waals surface area contributed by atoms with Gasteiger partial charge >= 0.3 is 5.97 Å². The van der Waals surface area contributed by atoms with Crippen LogP contribution in [0, 0.1) is 6.92 Å². The smallest absolute Gasteiger partial charge is 0.331 e. The predicted octanol–water partition coefficient (Wildman–Crippen LogP) is 2.08. The molecule has 0 unspecified atom stereocenters. The first-order chi connectivity index (χ1) is 9.37. The molecule has 2 rings (SSSR count). The van der Waals surface area contributed by atoms with Crippen LogP contribution < -0.4 is 4.74 Å². The Labute approximate surface area is 117 Å². The monoisotopic (exact) mass is 275 g/mol. The van der Waals surface area contributed by atoms with Gasteiger partial charge in [-0.2, -0.15) is 0 Å². The van der Waals surface area contributed by atoms with Gasteiger partial charge in [0.2, 0.25) is 0 Å². The lowest BCUT2D eigenvalue weighted by Crippen LogP contribution is -2.37. The van der Waals surface area contributed by atoms with Crippen LogP contribution >= 0.6 is 0 Å². The van der Waals surface area contributed by atoms with E-state index in [2.05, 4.69) is 10.3 Å². The molecule has 2 aromatic rings. The molecule has 0 spiro atoms. The van der Waals surface area contributed by atoms with Crippen molar-refractivity contribution >= 4 is 5.97 Å². The third-order valence-corrected chi connectivity index (χ3v) is 3.29. The van der Waals surface area contributed by atoms with Crippen molar-refractivity contribution in [3.05, 3.63) is 30.0 Å². The first kappa shape index (κ1) is 14.0. The Hall–Kier alpha value is -2.37. The number of aliphatic carboxylic acids is 1. The number of methoxy groups -OCH3 is 1. The van der Waals surface area contributed by atoms with Gasteiger partial charge in [-0.25, -0.2) is 9.48 Å². The lowest BCUT2D eigenvalue weighted by molar-refractivity contribution is -0.146. The van der Waals surface area contributed by atoms with E-state index in [0.29, 0.717) is 5.69 Å². The maximum Gasteiger partial charge on any atom is 0.331 e. The third-order valence-electron chi connectivity index (χ3n) is 3.29. The van der Waals surface area contributed by atoms with E-state index in [9.17, 15) is 9.90 Å². The molecule has 0 aliphatic rings. The zero-order valence-corrected chi connectivity index (χ0v) is 11.9. The van der Waals surface area contributed by atoms with Crippen molar-refractivity contribution < 1.29 is 14.6 Å². The first-order valence-electron chi connectivity index (χ1n) is 6.17. The molecule has 1 aromatic carbocycles. The lowest BCUT2D eigenvalue weighted by atomic mass is 10.0. The molecule has 0 bridgehead atoms. The zero-order valence-electron chi connectivity index (χ0n) is 11.9. The Morgan fingerprint density at radius 2 is 2.10 bits per heavy atom. The van der Waals surface area contributed by atoms with E-state index in [1.165, 1.54) is 4.68 Å². The van der Waals surface area contributed by atoms with Crippen LogP contribution in [-0.2, 0) is 10.3 Å². The van der Waals surface area contributed by atoms with Crippen LogP contribution in [0.2, 0.25) is 0 Å². The Bertz CT molecular complexity index is 647. The van der Waals surface area contributed by atoms with Crippen molar-refractivity contribution in [3.63, 3.8) is 0 Å². The summed E-state index contributed by atoms with van der Waals surface area (Å²) < 4.78 is 6.63. The van der Waals surface area contributed by atoms with Gasteiger partial charge in [0.05, 0.1) is 19.0 Å². The Kier molecular flexibility index (Phi) is 3.48. The minimum absolute atomic E-state index is 0.656. The molecule has 0 atom stereocenters. The highest BCUT2D eigenvalue weighted by Gasteiger charge is 2.32. The van der Waals surface area contributed by atoms with E-state index >= 15 is 0 Å². The van der Waals surface area contributed by atoms with Crippen LogP contribution in [-0.4, -0.2) is 33.2 Å². The van der Waals surface area contributed by atoms with E-state index in [1.54, 1.807) is 27.2 Å². The summed E-state index contributed by atoms with van der Waals surface area (Å²) in [4.78, 5) is 11.4. The molecule has 1 N–H and O–H groups in total. The zero-order chi connectivity index (χ0) is 14.9. The molecular formula is C14H17N3O3. The number of benzene rings is 1. The van der Waals surface area contributed by atoms with Gasteiger partial charge < -0.3 is 9.84 Å². The molecule has 0 radical (unpaired) electrons. The summed E-state index contributed by atoms with van der Waals surface area (Å²) in [7, 11) is 1.61. The number of hydrogen-bond acceptors (Lipinski definition) is 4. The number of nitrogens with zero attached hydrogens (tertiary/aromatic N) is 3. The molecule has 0 amide bonds. The van der Waals surface area contributed by atoms with Gasteiger partial charge in [-0.15, -0.1) is 5.10 Å². The molecule has 0 fully saturated rings. The fourth-order valence-electron chi connectivity index (χ4n) is 1.97. The van der Waals surface area contributed by atoms with Crippen molar-refractivity contribution in [2.45, 2.75) is 26.3 Å². The molecule has 6 heteroatoms. The molecule has 20 heavy (non-hydrogen) atoms. The molecular weight excluding hydrogens is 258 g/mol. The second-order valence-corrected chi connectivity index (χ2v) is 5.08. The molecule has 0 aliphatic carbocycles. The largest absolute Gasteiger partial charge is 0.496 e. The van der Waals surface area contributed by atoms with Crippen LogP contribution in [0.25, 0.3) is 11.3 Å². The minimum atomic E-state index is -1.17. The standard InChI is InChI=1S/C14H17N3O3/c1-9-7-10(5-6-12(9)20-4)11-8-15-16-17(11)14(2,3)13(18)19/h5-8H,1-4H3,(H,18,19). The summed E-state index contributed by atoms with van der Waals surface area (Å²) >= 11 is 0. The molecule has 0 saturated heterocycles. The highest BCUT2D eigenvalue weighted by molar-refractivity contribution is 5.77. The van der Waals surface area contributed by atoms with Gasteiger partial charge in [0, 0.05) is 5.56 Å². The van der Waals surface area contributed by atoms with Gasteiger partial charge in [0.15, 0.2) is 5.54 Å². The van der Waals surface area contributed by atoms with Gasteiger partial charge in [0.25, 0.3) is 0 Å². The van der Waals surface area contributed by atoms with Crippen LogP contribution in [0.4, 0.5) is 0 Å². The Morgan fingerprint density at radius 1 is 1.40 bits per heavy atom. The minimum Gasteiger partial charge on any atom is -0.496 e. The van der Waals surface area contributed by atoms with Gasteiger partial charge in [-0.3, -0.25) is 0 Å². The summed E-state index contributed by atoms with van der Waals surface area (Å²) in [5.74, 6) is -0.181. The highest BCUT2D eigenvalue weighted by Crippen LogP contribution is 2.28. The van der Waals surface area contributed by atoms with Crippen LogP contribution in [0.5, 0.6) is 5.75 Å². The number of hydrogen-bond donors (Lipinski definition) is 1. The molecule has 1 heterocycles. The van der Waals surface area contributed by atoms with E-state index in [0.717, 1.165) is 16.9 Å². The average molecular weight is 275 g/mol.